The van der Waals surface area contributed by atoms with Crippen LogP contribution in [0, 0.1) is 0 Å². The molecule has 0 fully saturated rings. The molecule has 0 aliphatic rings. The molecular weight excluding hydrogens is 192 g/mol. The molecule has 0 heterocycles. The summed E-state index contributed by atoms with van der Waals surface area (Å²) in [5.41, 5.74) is 5.32. The number of ether oxygens (including phenoxy) is 1. The normalized spacial score (nSPS) is 14.5. The number of hydrogen-bond acceptors (Lipinski definition) is 5. The number of carbonyl (C=O) groups is 2. The van der Waals surface area contributed by atoms with Crippen LogP contribution in [0.3, 0.4) is 0 Å². The minimum absolute atomic E-state index is 0.0103. The second-order valence-electron chi connectivity index (χ2n) is 2.64. The smallest absolute Gasteiger partial charge is 0.328 e. The summed E-state index contributed by atoms with van der Waals surface area (Å²) in [7, 11) is 1.37. The molecule has 0 bridgehead atoms. The zero-order valence-electron chi connectivity index (χ0n) is 7.77. The van der Waals surface area contributed by atoms with E-state index in [-0.39, 0.29) is 6.61 Å². The molecule has 1 amide bonds. The van der Waals surface area contributed by atoms with E-state index in [0.29, 0.717) is 0 Å². The van der Waals surface area contributed by atoms with Gasteiger partial charge in [-0.1, -0.05) is 0 Å². The van der Waals surface area contributed by atoms with Crippen LogP contribution in [0.1, 0.15) is 0 Å². The van der Waals surface area contributed by atoms with Crippen molar-refractivity contribution in [3.8, 4) is 0 Å². The number of nitrogens with two attached hydrogens (primary N) is 1. The van der Waals surface area contributed by atoms with Gasteiger partial charge in [-0.2, -0.15) is 0 Å². The lowest BCUT2D eigenvalue weighted by atomic mass is 10.2. The number of carbonyl (C=O) groups excluding carboxylic acids is 1. The minimum atomic E-state index is -1.33. The van der Waals surface area contributed by atoms with E-state index in [2.05, 4.69) is 10.1 Å². The molecule has 0 saturated heterocycles. The van der Waals surface area contributed by atoms with Crippen LogP contribution in [0.15, 0.2) is 0 Å². The molecule has 82 valence electrons. The Kier molecular flexibility index (Phi) is 5.77. The summed E-state index contributed by atoms with van der Waals surface area (Å²) in [4.78, 5) is 21.5. The van der Waals surface area contributed by atoms with Crippen molar-refractivity contribution in [3.05, 3.63) is 0 Å². The van der Waals surface area contributed by atoms with Crippen molar-refractivity contribution in [2.75, 3.05) is 20.3 Å². The summed E-state index contributed by atoms with van der Waals surface area (Å²) in [6, 6.07) is -2.26. The van der Waals surface area contributed by atoms with Gasteiger partial charge in [-0.15, -0.1) is 0 Å². The number of nitrogens with one attached hydrogen (secondary N) is 1. The van der Waals surface area contributed by atoms with Crippen LogP contribution in [-0.4, -0.2) is 54.5 Å². The molecule has 2 unspecified atom stereocenters. The highest BCUT2D eigenvalue weighted by molar-refractivity contribution is 5.86. The Morgan fingerprint density at radius 2 is 2.14 bits per heavy atom. The van der Waals surface area contributed by atoms with Crippen molar-refractivity contribution in [2.24, 2.45) is 5.73 Å². The highest BCUT2D eigenvalue weighted by atomic mass is 16.5. The van der Waals surface area contributed by atoms with Crippen LogP contribution in [0.25, 0.3) is 0 Å². The van der Waals surface area contributed by atoms with E-state index in [1.54, 1.807) is 0 Å². The number of rotatable bonds is 6. The lowest BCUT2D eigenvalue weighted by molar-refractivity contribution is -0.143. The Morgan fingerprint density at radius 1 is 1.57 bits per heavy atom. The molecule has 0 aromatic carbocycles. The minimum Gasteiger partial charge on any atom is -0.480 e. The maximum absolute atomic E-state index is 11.1. The van der Waals surface area contributed by atoms with Gasteiger partial charge in [-0.3, -0.25) is 4.79 Å². The molecule has 0 aliphatic carbocycles. The Balaban J connectivity index is 4.08. The summed E-state index contributed by atoms with van der Waals surface area (Å²) in [6.45, 7) is -0.690. The fourth-order valence-corrected chi connectivity index (χ4v) is 0.719. The Labute approximate surface area is 80.8 Å². The van der Waals surface area contributed by atoms with E-state index >= 15 is 0 Å². The first-order chi connectivity index (χ1) is 6.52. The van der Waals surface area contributed by atoms with Gasteiger partial charge in [-0.25, -0.2) is 4.79 Å². The van der Waals surface area contributed by atoms with Gasteiger partial charge in [0, 0.05) is 7.11 Å². The molecule has 7 heteroatoms. The third-order valence-electron chi connectivity index (χ3n) is 1.48. The van der Waals surface area contributed by atoms with E-state index in [9.17, 15) is 9.59 Å². The molecule has 0 aromatic rings. The third-order valence-corrected chi connectivity index (χ3v) is 1.48. The van der Waals surface area contributed by atoms with Crippen molar-refractivity contribution >= 4 is 11.9 Å². The second-order valence-corrected chi connectivity index (χ2v) is 2.64. The van der Waals surface area contributed by atoms with Gasteiger partial charge in [0.15, 0.2) is 0 Å². The highest BCUT2D eigenvalue weighted by Gasteiger charge is 2.22. The number of aliphatic carboxylic acids is 1. The van der Waals surface area contributed by atoms with E-state index in [1.807, 2.05) is 0 Å². The maximum atomic E-state index is 11.1. The van der Waals surface area contributed by atoms with Crippen LogP contribution in [0.2, 0.25) is 0 Å². The van der Waals surface area contributed by atoms with Gasteiger partial charge in [-0.05, 0) is 0 Å². The predicted molar refractivity (Wildman–Crippen MR) is 46.5 cm³/mol. The molecule has 0 aliphatic heterocycles. The molecule has 0 aromatic heterocycles. The van der Waals surface area contributed by atoms with Gasteiger partial charge in [0.05, 0.1) is 13.2 Å². The average molecular weight is 206 g/mol. The van der Waals surface area contributed by atoms with Crippen molar-refractivity contribution in [1.82, 2.24) is 5.32 Å². The highest BCUT2D eigenvalue weighted by Crippen LogP contribution is 1.86. The van der Waals surface area contributed by atoms with Gasteiger partial charge >= 0.3 is 5.97 Å². The lowest BCUT2D eigenvalue weighted by Gasteiger charge is -2.15. The number of hydrogen-bond donors (Lipinski definition) is 4. The summed E-state index contributed by atoms with van der Waals surface area (Å²) in [6.07, 6.45) is 0. The van der Waals surface area contributed by atoms with Crippen molar-refractivity contribution in [3.63, 3.8) is 0 Å². The molecule has 0 radical (unpaired) electrons. The van der Waals surface area contributed by atoms with Gasteiger partial charge in [0.2, 0.25) is 5.91 Å². The summed E-state index contributed by atoms with van der Waals surface area (Å²) in [5, 5.41) is 19.1. The van der Waals surface area contributed by atoms with Crippen molar-refractivity contribution in [1.29, 1.82) is 0 Å². The van der Waals surface area contributed by atoms with E-state index in [4.69, 9.17) is 15.9 Å². The van der Waals surface area contributed by atoms with Crippen LogP contribution >= 0.6 is 0 Å². The third kappa shape index (κ3) is 4.17. The Hall–Kier alpha value is -1.18. The SMILES string of the molecule is COCC(N)C(=O)NC(CO)C(=O)O. The summed E-state index contributed by atoms with van der Waals surface area (Å²) >= 11 is 0. The molecule has 0 saturated carbocycles. The van der Waals surface area contributed by atoms with E-state index in [1.165, 1.54) is 7.11 Å². The lowest BCUT2D eigenvalue weighted by Crippen LogP contribution is -2.51. The molecule has 0 rings (SSSR count). The zero-order valence-corrected chi connectivity index (χ0v) is 7.77. The van der Waals surface area contributed by atoms with Crippen LogP contribution < -0.4 is 11.1 Å². The van der Waals surface area contributed by atoms with E-state index < -0.39 is 30.6 Å². The standard InChI is InChI=1S/C7H14N2O5/c1-14-3-4(8)6(11)9-5(2-10)7(12)13/h4-5,10H,2-3,8H2,1H3,(H,9,11)(H,12,13). The fraction of sp³-hybridized carbons (Fsp3) is 0.714. The number of amides is 1. The van der Waals surface area contributed by atoms with Gasteiger partial charge in [0.25, 0.3) is 0 Å². The fourth-order valence-electron chi connectivity index (χ4n) is 0.719. The first-order valence-electron chi connectivity index (χ1n) is 3.91. The number of carboxylic acid groups (broad SMARTS) is 1. The summed E-state index contributed by atoms with van der Waals surface area (Å²) < 4.78 is 4.60. The van der Waals surface area contributed by atoms with Crippen LogP contribution in [0.4, 0.5) is 0 Å². The second kappa shape index (κ2) is 6.30. The average Bonchev–Trinajstić information content (AvgIpc) is 2.13. The Bertz CT molecular complexity index is 208. The van der Waals surface area contributed by atoms with Gasteiger partial charge < -0.3 is 26.0 Å². The first kappa shape index (κ1) is 12.8. The van der Waals surface area contributed by atoms with Crippen LogP contribution in [-0.2, 0) is 14.3 Å². The number of aliphatic hydroxyl groups is 1. The topological polar surface area (TPSA) is 122 Å². The molecule has 2 atom stereocenters. The number of carboxylic acids is 1. The molecule has 7 nitrogen and oxygen atoms in total. The predicted octanol–water partition coefficient (Wildman–Crippen LogP) is -2.48. The quantitative estimate of drug-likeness (QED) is 0.382. The number of methoxy groups -OCH3 is 1. The molecule has 5 N–H and O–H groups in total. The largest absolute Gasteiger partial charge is 0.480 e. The Morgan fingerprint density at radius 3 is 2.50 bits per heavy atom. The first-order valence-corrected chi connectivity index (χ1v) is 3.91. The zero-order chi connectivity index (χ0) is 11.1. The van der Waals surface area contributed by atoms with Gasteiger partial charge in [0.1, 0.15) is 12.1 Å². The van der Waals surface area contributed by atoms with E-state index in [0.717, 1.165) is 0 Å². The van der Waals surface area contributed by atoms with Crippen LogP contribution in [0.5, 0.6) is 0 Å². The molecule has 0 spiro atoms. The van der Waals surface area contributed by atoms with Crippen molar-refractivity contribution < 1.29 is 24.5 Å². The summed E-state index contributed by atoms with van der Waals surface area (Å²) in [5.74, 6) is -1.99. The molecular formula is C7H14N2O5. The molecule has 14 heavy (non-hydrogen) atoms. The maximum Gasteiger partial charge on any atom is 0.328 e. The van der Waals surface area contributed by atoms with Crippen molar-refractivity contribution in [2.45, 2.75) is 12.1 Å². The monoisotopic (exact) mass is 206 g/mol. The number of aliphatic hydroxyl groups excluding tert-OH is 1.